The quantitative estimate of drug-likeness (QED) is 0.0507. The van der Waals surface area contributed by atoms with E-state index in [1.807, 2.05) is 6.92 Å². The van der Waals surface area contributed by atoms with Crippen LogP contribution in [-0.2, 0) is 44.7 Å². The van der Waals surface area contributed by atoms with Gasteiger partial charge in [0, 0.05) is 16.6 Å². The van der Waals surface area contributed by atoms with Crippen molar-refractivity contribution in [3.05, 3.63) is 101 Å². The Morgan fingerprint density at radius 2 is 1.19 bits per heavy atom. The number of aliphatic hydroxyl groups is 2. The zero-order valence-electron chi connectivity index (χ0n) is 33.6. The second-order valence-electron chi connectivity index (χ2n) is 14.7. The Morgan fingerprint density at radius 3 is 1.69 bits per heavy atom. The molecule has 54 heavy (non-hydrogen) atoms. The summed E-state index contributed by atoms with van der Waals surface area (Å²) in [5.74, 6) is -0.0835. The van der Waals surface area contributed by atoms with E-state index < -0.39 is 17.4 Å². The highest BCUT2D eigenvalue weighted by molar-refractivity contribution is 5.87. The van der Waals surface area contributed by atoms with Gasteiger partial charge in [-0.25, -0.2) is 9.59 Å². The molecule has 0 atom stereocenters. The van der Waals surface area contributed by atoms with Gasteiger partial charge in [0.15, 0.2) is 0 Å². The summed E-state index contributed by atoms with van der Waals surface area (Å²) in [5, 5.41) is 20.4. The van der Waals surface area contributed by atoms with E-state index in [1.54, 1.807) is 13.8 Å². The molecule has 3 aromatic rings. The minimum atomic E-state index is -0.629. The Bertz CT molecular complexity index is 1610. The number of ether oxygens (including phenoxy) is 3. The van der Waals surface area contributed by atoms with Gasteiger partial charge in [0.1, 0.15) is 5.75 Å². The van der Waals surface area contributed by atoms with Gasteiger partial charge in [-0.2, -0.15) is 0 Å². The molecule has 2 N–H and O–H groups in total. The van der Waals surface area contributed by atoms with Gasteiger partial charge in [-0.15, -0.1) is 0 Å². The molecule has 3 rings (SSSR count). The zero-order valence-corrected chi connectivity index (χ0v) is 33.6. The first-order chi connectivity index (χ1) is 26.0. The predicted octanol–water partition coefficient (Wildman–Crippen LogP) is 9.96. The Kier molecular flexibility index (Phi) is 18.7. The molecule has 7 nitrogen and oxygen atoms in total. The van der Waals surface area contributed by atoms with Gasteiger partial charge >= 0.3 is 11.9 Å². The Morgan fingerprint density at radius 1 is 0.630 bits per heavy atom. The van der Waals surface area contributed by atoms with Crippen molar-refractivity contribution in [2.75, 3.05) is 33.0 Å². The predicted molar refractivity (Wildman–Crippen MR) is 220 cm³/mol. The number of unbranched alkanes of at least 4 members (excludes halogenated alkanes) is 2. The number of aryl methyl sites for hydroxylation is 4. The molecule has 7 heteroatoms. The zero-order chi connectivity index (χ0) is 39.5. The fourth-order valence-corrected chi connectivity index (χ4v) is 6.75. The maximum absolute atomic E-state index is 12.1. The first kappa shape index (κ1) is 44.2. The van der Waals surface area contributed by atoms with Crippen LogP contribution in [0.2, 0.25) is 0 Å². The summed E-state index contributed by atoms with van der Waals surface area (Å²) >= 11 is 0. The van der Waals surface area contributed by atoms with Crippen molar-refractivity contribution in [1.82, 2.24) is 0 Å². The van der Waals surface area contributed by atoms with Crippen LogP contribution in [0.1, 0.15) is 108 Å². The van der Waals surface area contributed by atoms with Crippen LogP contribution >= 0.6 is 0 Å². The first-order valence-electron chi connectivity index (χ1n) is 19.9. The van der Waals surface area contributed by atoms with Crippen molar-refractivity contribution in [1.29, 1.82) is 0 Å². The van der Waals surface area contributed by atoms with E-state index in [2.05, 4.69) is 81.6 Å². The molecule has 0 aliphatic carbocycles. The number of benzene rings is 3. The Labute approximate surface area is 324 Å². The molecule has 0 unspecified atom stereocenters. The number of carbonyl (C=O) groups excluding carboxylic acids is 2. The number of carbonyl (C=O) groups is 2. The van der Waals surface area contributed by atoms with Gasteiger partial charge in [0.25, 0.3) is 0 Å². The average Bonchev–Trinajstić information content (AvgIpc) is 3.18. The van der Waals surface area contributed by atoms with Crippen molar-refractivity contribution in [3.8, 4) is 28.0 Å². The molecular weight excluding hydrogens is 677 g/mol. The van der Waals surface area contributed by atoms with E-state index in [1.165, 1.54) is 41.5 Å². The third-order valence-corrected chi connectivity index (χ3v) is 10.1. The standard InChI is InChI=1S/C47H64O7/c1-8-11-12-15-36-18-20-38(21-19-36)39-22-23-43(37(10-3)29-39)42-30-40(16-13-26-53-45(50)34(4)5)44(52-28-25-47(32-48,33-49)24-9-2)41(31-42)17-14-27-54-46(51)35(6)7/h18-23,29-31,48-49H,4,6,8-17,24-28,32-33H2,1-3,5,7H3. The van der Waals surface area contributed by atoms with Crippen LogP contribution in [0.15, 0.2) is 78.9 Å². The van der Waals surface area contributed by atoms with E-state index in [9.17, 15) is 19.8 Å². The van der Waals surface area contributed by atoms with Crippen molar-refractivity contribution >= 4 is 11.9 Å². The van der Waals surface area contributed by atoms with Gasteiger partial charge in [-0.3, -0.25) is 0 Å². The van der Waals surface area contributed by atoms with Gasteiger partial charge in [-0.1, -0.05) is 95.7 Å². The van der Waals surface area contributed by atoms with Crippen LogP contribution in [0.25, 0.3) is 22.3 Å². The molecule has 3 aromatic carbocycles. The largest absolute Gasteiger partial charge is 0.493 e. The minimum absolute atomic E-state index is 0.125. The van der Waals surface area contributed by atoms with Crippen LogP contribution in [0.3, 0.4) is 0 Å². The third-order valence-electron chi connectivity index (χ3n) is 10.1. The van der Waals surface area contributed by atoms with Crippen LogP contribution in [-0.4, -0.2) is 55.2 Å². The van der Waals surface area contributed by atoms with Crippen molar-refractivity contribution in [2.45, 2.75) is 112 Å². The molecule has 0 fully saturated rings. The molecule has 294 valence electrons. The number of aliphatic hydroxyl groups excluding tert-OH is 2. The fourth-order valence-electron chi connectivity index (χ4n) is 6.75. The fraction of sp³-hybridized carbons (Fsp3) is 0.489. The van der Waals surface area contributed by atoms with Gasteiger partial charge in [-0.05, 0) is 128 Å². The lowest BCUT2D eigenvalue weighted by Gasteiger charge is -2.30. The average molecular weight is 741 g/mol. The summed E-state index contributed by atoms with van der Waals surface area (Å²) in [4.78, 5) is 24.3. The first-order valence-corrected chi connectivity index (χ1v) is 19.9. The van der Waals surface area contributed by atoms with Gasteiger partial charge in [0.2, 0.25) is 0 Å². The maximum Gasteiger partial charge on any atom is 0.333 e. The lowest BCUT2D eigenvalue weighted by molar-refractivity contribution is -0.139. The summed E-state index contributed by atoms with van der Waals surface area (Å²) in [7, 11) is 0. The number of rotatable bonds is 25. The lowest BCUT2D eigenvalue weighted by atomic mass is 9.82. The van der Waals surface area contributed by atoms with E-state index >= 15 is 0 Å². The van der Waals surface area contributed by atoms with Gasteiger partial charge in [0.05, 0.1) is 33.0 Å². The second-order valence-corrected chi connectivity index (χ2v) is 14.7. The minimum Gasteiger partial charge on any atom is -0.493 e. The highest BCUT2D eigenvalue weighted by Crippen LogP contribution is 2.37. The summed E-state index contributed by atoms with van der Waals surface area (Å²) in [5.41, 5.74) is 9.21. The van der Waals surface area contributed by atoms with Crippen LogP contribution in [0, 0.1) is 5.41 Å². The summed E-state index contributed by atoms with van der Waals surface area (Å²) in [6, 6.07) is 20.0. The molecule has 0 saturated heterocycles. The molecule has 0 aliphatic heterocycles. The van der Waals surface area contributed by atoms with E-state index in [0.717, 1.165) is 47.3 Å². The normalized spacial score (nSPS) is 11.3. The Balaban J connectivity index is 2.04. The van der Waals surface area contributed by atoms with Crippen LogP contribution < -0.4 is 4.74 Å². The van der Waals surface area contributed by atoms with Crippen molar-refractivity contribution in [3.63, 3.8) is 0 Å². The van der Waals surface area contributed by atoms with Crippen molar-refractivity contribution in [2.24, 2.45) is 5.41 Å². The van der Waals surface area contributed by atoms with Crippen LogP contribution in [0.5, 0.6) is 5.75 Å². The number of esters is 2. The molecule has 0 saturated carbocycles. The SMILES string of the molecule is C=C(C)C(=O)OCCCc1cc(-c2ccc(-c3ccc(CCCCC)cc3)cc2CC)cc(CCCOC(=O)C(=C)C)c1OCCC(CO)(CO)CCC. The highest BCUT2D eigenvalue weighted by Gasteiger charge is 2.28. The molecule has 0 aromatic heterocycles. The molecule has 0 radical (unpaired) electrons. The summed E-state index contributed by atoms with van der Waals surface area (Å²) < 4.78 is 17.5. The topological polar surface area (TPSA) is 102 Å². The number of hydrogen-bond donors (Lipinski definition) is 2. The van der Waals surface area contributed by atoms with Crippen molar-refractivity contribution < 1.29 is 34.0 Å². The molecule has 0 spiro atoms. The van der Waals surface area contributed by atoms with Crippen LogP contribution in [0.4, 0.5) is 0 Å². The Hall–Kier alpha value is -4.20. The van der Waals surface area contributed by atoms with Gasteiger partial charge < -0.3 is 24.4 Å². The second kappa shape index (κ2) is 22.9. The lowest BCUT2D eigenvalue weighted by Crippen LogP contribution is -2.31. The summed E-state index contributed by atoms with van der Waals surface area (Å²) in [6.07, 6.45) is 9.97. The monoisotopic (exact) mass is 740 g/mol. The molecule has 0 heterocycles. The maximum atomic E-state index is 12.1. The molecular formula is C47H64O7. The van der Waals surface area contributed by atoms with E-state index in [0.29, 0.717) is 56.3 Å². The molecule has 0 amide bonds. The number of hydrogen-bond acceptors (Lipinski definition) is 7. The molecule has 0 aliphatic rings. The summed E-state index contributed by atoms with van der Waals surface area (Å²) in [6.45, 7) is 17.6. The molecule has 0 bridgehead atoms. The smallest absolute Gasteiger partial charge is 0.333 e. The highest BCUT2D eigenvalue weighted by atomic mass is 16.5. The third kappa shape index (κ3) is 13.3. The van der Waals surface area contributed by atoms with E-state index in [-0.39, 0.29) is 26.4 Å². The van der Waals surface area contributed by atoms with E-state index in [4.69, 9.17) is 14.2 Å².